The van der Waals surface area contributed by atoms with Gasteiger partial charge in [-0.2, -0.15) is 0 Å². The molecule has 1 aliphatic carbocycles. The van der Waals surface area contributed by atoms with Crippen LogP contribution in [0.5, 0.6) is 5.75 Å². The van der Waals surface area contributed by atoms with Crippen LogP contribution in [0.3, 0.4) is 0 Å². The highest BCUT2D eigenvalue weighted by Crippen LogP contribution is 2.49. The Morgan fingerprint density at radius 1 is 1.47 bits per heavy atom. The van der Waals surface area contributed by atoms with Crippen LogP contribution in [0.25, 0.3) is 0 Å². The van der Waals surface area contributed by atoms with E-state index in [1.807, 2.05) is 6.07 Å². The summed E-state index contributed by atoms with van der Waals surface area (Å²) in [6.07, 6.45) is 2.02. The minimum absolute atomic E-state index is 0.406. The molecule has 2 aliphatic rings. The van der Waals surface area contributed by atoms with E-state index in [2.05, 4.69) is 29.3 Å². The van der Waals surface area contributed by atoms with Gasteiger partial charge in [0.15, 0.2) is 0 Å². The summed E-state index contributed by atoms with van der Waals surface area (Å²) in [7, 11) is 1.57. The molecule has 1 aromatic rings. The summed E-state index contributed by atoms with van der Waals surface area (Å²) in [6.45, 7) is 4.50. The van der Waals surface area contributed by atoms with E-state index >= 15 is 0 Å². The van der Waals surface area contributed by atoms with E-state index in [4.69, 9.17) is 4.74 Å². The number of nitrogens with one attached hydrogen (secondary N) is 1. The molecule has 1 fully saturated rings. The molecule has 4 heteroatoms. The Morgan fingerprint density at radius 3 is 3.05 bits per heavy atom. The van der Waals surface area contributed by atoms with Gasteiger partial charge in [0.05, 0.1) is 0 Å². The summed E-state index contributed by atoms with van der Waals surface area (Å²) in [4.78, 5) is 13.8. The average Bonchev–Trinajstić information content (AvgIpc) is 2.73. The second-order valence-corrected chi connectivity index (χ2v) is 5.30. The molecule has 19 heavy (non-hydrogen) atoms. The molecule has 2 bridgehead atoms. The van der Waals surface area contributed by atoms with E-state index in [0.717, 1.165) is 6.54 Å². The van der Waals surface area contributed by atoms with Crippen LogP contribution in [0, 0.1) is 0 Å². The molecule has 1 aromatic carbocycles. The van der Waals surface area contributed by atoms with Crippen LogP contribution in [-0.4, -0.2) is 31.1 Å². The molecule has 0 aromatic heterocycles. The summed E-state index contributed by atoms with van der Waals surface area (Å²) in [6, 6.07) is 6.65. The third-order valence-corrected chi connectivity index (χ3v) is 4.39. The normalized spacial score (nSPS) is 24.9. The van der Waals surface area contributed by atoms with Crippen molar-refractivity contribution >= 4 is 6.09 Å². The Balaban J connectivity index is 1.89. The van der Waals surface area contributed by atoms with Gasteiger partial charge in [-0.05, 0) is 55.1 Å². The highest BCUT2D eigenvalue weighted by molar-refractivity contribution is 5.70. The van der Waals surface area contributed by atoms with Gasteiger partial charge in [-0.3, -0.25) is 4.90 Å². The Labute approximate surface area is 113 Å². The Kier molecular flexibility index (Phi) is 3.19. The molecule has 1 aliphatic heterocycles. The molecular weight excluding hydrogens is 240 g/mol. The van der Waals surface area contributed by atoms with Gasteiger partial charge in [0.1, 0.15) is 5.75 Å². The lowest BCUT2D eigenvalue weighted by Crippen LogP contribution is -2.31. The summed E-state index contributed by atoms with van der Waals surface area (Å²) >= 11 is 0. The summed E-state index contributed by atoms with van der Waals surface area (Å²) < 4.78 is 5.23. The van der Waals surface area contributed by atoms with Gasteiger partial charge in [0.2, 0.25) is 0 Å². The van der Waals surface area contributed by atoms with Crippen LogP contribution in [0.2, 0.25) is 0 Å². The monoisotopic (exact) mass is 260 g/mol. The van der Waals surface area contributed by atoms with Crippen LogP contribution in [0.1, 0.15) is 42.9 Å². The molecule has 1 heterocycles. The molecule has 3 rings (SSSR count). The average molecular weight is 260 g/mol. The van der Waals surface area contributed by atoms with E-state index in [1.54, 1.807) is 7.05 Å². The maximum Gasteiger partial charge on any atom is 0.412 e. The predicted octanol–water partition coefficient (Wildman–Crippen LogP) is 2.66. The fraction of sp³-hybridized carbons (Fsp3) is 0.533. The van der Waals surface area contributed by atoms with Crippen molar-refractivity contribution in [3.05, 3.63) is 29.3 Å². The second-order valence-electron chi connectivity index (χ2n) is 5.30. The lowest BCUT2D eigenvalue weighted by atomic mass is 9.95. The van der Waals surface area contributed by atoms with Gasteiger partial charge in [-0.25, -0.2) is 4.79 Å². The molecule has 1 amide bonds. The van der Waals surface area contributed by atoms with Gasteiger partial charge in [-0.15, -0.1) is 0 Å². The van der Waals surface area contributed by atoms with Crippen molar-refractivity contribution < 1.29 is 9.53 Å². The predicted molar refractivity (Wildman–Crippen MR) is 73.5 cm³/mol. The topological polar surface area (TPSA) is 41.6 Å². The summed E-state index contributed by atoms with van der Waals surface area (Å²) in [5.41, 5.74) is 2.80. The zero-order valence-electron chi connectivity index (χ0n) is 11.5. The van der Waals surface area contributed by atoms with Gasteiger partial charge >= 0.3 is 6.09 Å². The van der Waals surface area contributed by atoms with E-state index in [9.17, 15) is 4.79 Å². The number of nitrogens with zero attached hydrogens (tertiary/aromatic N) is 1. The van der Waals surface area contributed by atoms with Crippen molar-refractivity contribution in [3.8, 4) is 5.75 Å². The molecular formula is C15H20N2O2. The molecule has 2 atom stereocenters. The lowest BCUT2D eigenvalue weighted by Gasteiger charge is -2.32. The van der Waals surface area contributed by atoms with Gasteiger partial charge in [0.25, 0.3) is 0 Å². The van der Waals surface area contributed by atoms with Crippen molar-refractivity contribution in [3.63, 3.8) is 0 Å². The maximum atomic E-state index is 11.3. The van der Waals surface area contributed by atoms with E-state index in [-0.39, 0.29) is 0 Å². The van der Waals surface area contributed by atoms with Crippen LogP contribution in [0.15, 0.2) is 18.2 Å². The molecule has 0 saturated carbocycles. The third-order valence-electron chi connectivity index (χ3n) is 4.39. The largest absolute Gasteiger partial charge is 0.412 e. The first kappa shape index (κ1) is 12.5. The lowest BCUT2D eigenvalue weighted by molar-refractivity contribution is 0.161. The summed E-state index contributed by atoms with van der Waals surface area (Å²) in [5, 5.41) is 2.47. The molecule has 4 nitrogen and oxygen atoms in total. The van der Waals surface area contributed by atoms with E-state index in [1.165, 1.54) is 30.5 Å². The van der Waals surface area contributed by atoms with Crippen molar-refractivity contribution in [2.75, 3.05) is 20.1 Å². The number of hydrogen-bond donors (Lipinski definition) is 1. The van der Waals surface area contributed by atoms with Crippen LogP contribution < -0.4 is 10.1 Å². The third kappa shape index (κ3) is 2.10. The van der Waals surface area contributed by atoms with E-state index < -0.39 is 6.09 Å². The molecule has 1 saturated heterocycles. The van der Waals surface area contributed by atoms with Crippen LogP contribution in [-0.2, 0) is 0 Å². The van der Waals surface area contributed by atoms with Gasteiger partial charge < -0.3 is 10.1 Å². The molecule has 0 spiro atoms. The first-order valence-corrected chi connectivity index (χ1v) is 7.00. The summed E-state index contributed by atoms with van der Waals surface area (Å²) in [5.74, 6) is 1.28. The molecule has 2 unspecified atom stereocenters. The minimum atomic E-state index is -0.406. The Hall–Kier alpha value is -1.55. The number of amides is 1. The zero-order chi connectivity index (χ0) is 13.4. The van der Waals surface area contributed by atoms with Crippen LogP contribution in [0.4, 0.5) is 4.79 Å². The van der Waals surface area contributed by atoms with Crippen LogP contribution >= 0.6 is 0 Å². The smallest absolute Gasteiger partial charge is 0.410 e. The minimum Gasteiger partial charge on any atom is -0.410 e. The van der Waals surface area contributed by atoms with Crippen molar-refractivity contribution in [1.82, 2.24) is 10.2 Å². The second kappa shape index (κ2) is 4.85. The number of benzene rings is 1. The number of likely N-dealkylation sites (tertiary alicyclic amines) is 1. The number of rotatable bonds is 2. The fourth-order valence-corrected chi connectivity index (χ4v) is 3.43. The highest BCUT2D eigenvalue weighted by atomic mass is 16.5. The molecule has 102 valence electrons. The van der Waals surface area contributed by atoms with Crippen molar-refractivity contribution in [2.45, 2.75) is 31.7 Å². The van der Waals surface area contributed by atoms with E-state index in [0.29, 0.717) is 17.7 Å². The highest BCUT2D eigenvalue weighted by Gasteiger charge is 2.38. The number of hydrogen-bond acceptors (Lipinski definition) is 3. The van der Waals surface area contributed by atoms with Gasteiger partial charge in [-0.1, -0.05) is 13.0 Å². The number of carbonyl (C=O) groups is 1. The fourth-order valence-electron chi connectivity index (χ4n) is 3.43. The maximum absolute atomic E-state index is 11.3. The quantitative estimate of drug-likeness (QED) is 0.889. The number of piperidine rings is 1. The standard InChI is InChI=1S/C15H20N2O2/c1-3-17-7-6-10-8-14(17)12-5-4-11(9-13(10)12)19-15(18)16-2/h4-5,9-10,14H,3,6-8H2,1-2H3,(H,16,18). The number of carbonyl (C=O) groups excluding carboxylic acids is 1. The first-order valence-electron chi connectivity index (χ1n) is 7.00. The van der Waals surface area contributed by atoms with Crippen molar-refractivity contribution in [2.24, 2.45) is 0 Å². The van der Waals surface area contributed by atoms with Crippen molar-refractivity contribution in [1.29, 1.82) is 0 Å². The van der Waals surface area contributed by atoms with Gasteiger partial charge in [0, 0.05) is 13.1 Å². The first-order chi connectivity index (χ1) is 9.22. The molecule has 1 N–H and O–H groups in total. The zero-order valence-corrected chi connectivity index (χ0v) is 11.5. The molecule has 0 radical (unpaired) electrons. The number of fused-ring (bicyclic) bond motifs is 5. The Morgan fingerprint density at radius 2 is 2.32 bits per heavy atom. The SMILES string of the molecule is CCN1CCC2CC1c1ccc(OC(=O)NC)cc12. The Bertz CT molecular complexity index is 501. The number of ether oxygens (including phenoxy) is 1.